The highest BCUT2D eigenvalue weighted by molar-refractivity contribution is 9.10. The van der Waals surface area contributed by atoms with Crippen molar-refractivity contribution in [3.8, 4) is 11.5 Å². The lowest BCUT2D eigenvalue weighted by molar-refractivity contribution is -0.132. The largest absolute Gasteiger partial charge is 0.507 e. The van der Waals surface area contributed by atoms with Gasteiger partial charge in [0.2, 0.25) is 0 Å². The average molecular weight is 522 g/mol. The molecular formula is C26H20BrNO6. The van der Waals surface area contributed by atoms with Crippen molar-refractivity contribution in [2.45, 2.75) is 13.0 Å². The molecule has 1 heterocycles. The number of rotatable bonds is 5. The lowest BCUT2D eigenvalue weighted by Crippen LogP contribution is -2.29. The zero-order valence-electron chi connectivity index (χ0n) is 18.3. The first kappa shape index (κ1) is 23.3. The minimum absolute atomic E-state index is 0.0385. The van der Waals surface area contributed by atoms with Gasteiger partial charge in [0.15, 0.2) is 0 Å². The smallest absolute Gasteiger partial charge is 0.308 e. The molecule has 0 aliphatic carbocycles. The number of Topliss-reactive ketones (excluding diaryl/α,β-unsaturated/α-hetero) is 1. The molecule has 0 aromatic heterocycles. The maximum Gasteiger partial charge on any atom is 0.308 e. The molecular weight excluding hydrogens is 502 g/mol. The van der Waals surface area contributed by atoms with E-state index in [1.807, 2.05) is 0 Å². The van der Waals surface area contributed by atoms with Crippen molar-refractivity contribution in [3.05, 3.63) is 94.0 Å². The van der Waals surface area contributed by atoms with Gasteiger partial charge in [0.05, 0.1) is 18.7 Å². The molecule has 0 saturated carbocycles. The van der Waals surface area contributed by atoms with Crippen LogP contribution in [0, 0.1) is 0 Å². The Morgan fingerprint density at radius 3 is 2.06 bits per heavy atom. The fraction of sp³-hybridized carbons (Fsp3) is 0.115. The molecule has 1 unspecified atom stereocenters. The van der Waals surface area contributed by atoms with E-state index in [9.17, 15) is 19.5 Å². The van der Waals surface area contributed by atoms with E-state index in [-0.39, 0.29) is 11.3 Å². The van der Waals surface area contributed by atoms with Gasteiger partial charge >= 0.3 is 5.97 Å². The second-order valence-electron chi connectivity index (χ2n) is 7.54. The number of carbonyl (C=O) groups is 3. The summed E-state index contributed by atoms with van der Waals surface area (Å²) in [5.41, 5.74) is 1.39. The normalized spacial score (nSPS) is 17.0. The van der Waals surface area contributed by atoms with Crippen molar-refractivity contribution in [1.29, 1.82) is 0 Å². The number of anilines is 1. The first-order valence-electron chi connectivity index (χ1n) is 10.3. The Hall–Kier alpha value is -3.91. The highest BCUT2D eigenvalue weighted by Gasteiger charge is 2.47. The van der Waals surface area contributed by atoms with Crippen LogP contribution in [0.3, 0.4) is 0 Å². The minimum atomic E-state index is -0.900. The molecule has 34 heavy (non-hydrogen) atoms. The summed E-state index contributed by atoms with van der Waals surface area (Å²) in [6, 6.07) is 19.0. The van der Waals surface area contributed by atoms with E-state index in [0.29, 0.717) is 28.3 Å². The summed E-state index contributed by atoms with van der Waals surface area (Å²) in [7, 11) is 1.53. The number of ketones is 1. The number of benzene rings is 3. The third-order valence-electron chi connectivity index (χ3n) is 5.37. The quantitative estimate of drug-likeness (QED) is 0.167. The van der Waals surface area contributed by atoms with Crippen molar-refractivity contribution in [1.82, 2.24) is 0 Å². The van der Waals surface area contributed by atoms with Crippen LogP contribution in [0.1, 0.15) is 24.1 Å². The van der Waals surface area contributed by atoms with Crippen molar-refractivity contribution in [2.24, 2.45) is 0 Å². The molecule has 0 radical (unpaired) electrons. The summed E-state index contributed by atoms with van der Waals surface area (Å²) in [6.45, 7) is 1.30. The van der Waals surface area contributed by atoms with E-state index in [2.05, 4.69) is 15.9 Å². The Morgan fingerprint density at radius 1 is 0.912 bits per heavy atom. The predicted octanol–water partition coefficient (Wildman–Crippen LogP) is 5.01. The monoisotopic (exact) mass is 521 g/mol. The van der Waals surface area contributed by atoms with Crippen LogP contribution in [0.15, 0.2) is 82.8 Å². The van der Waals surface area contributed by atoms with Crippen LogP contribution >= 0.6 is 15.9 Å². The number of carbonyl (C=O) groups excluding carboxylic acids is 3. The van der Waals surface area contributed by atoms with Crippen molar-refractivity contribution in [2.75, 3.05) is 12.0 Å². The Balaban J connectivity index is 1.87. The highest BCUT2D eigenvalue weighted by Crippen LogP contribution is 2.42. The van der Waals surface area contributed by atoms with E-state index in [0.717, 1.165) is 4.47 Å². The second-order valence-corrected chi connectivity index (χ2v) is 8.45. The molecule has 0 spiro atoms. The number of amides is 1. The van der Waals surface area contributed by atoms with E-state index >= 15 is 0 Å². The summed E-state index contributed by atoms with van der Waals surface area (Å²) in [5, 5.41) is 11.1. The molecule has 1 aliphatic heterocycles. The SMILES string of the molecule is COc1ccc(N2C(=O)C(=O)/C(=C(/O)c3ccc(Br)cc3)C2c2ccc(OC(C)=O)cc2)cc1. The van der Waals surface area contributed by atoms with Gasteiger partial charge in [-0.1, -0.05) is 40.2 Å². The van der Waals surface area contributed by atoms with Gasteiger partial charge in [-0.05, 0) is 54.1 Å². The lowest BCUT2D eigenvalue weighted by Gasteiger charge is -2.25. The summed E-state index contributed by atoms with van der Waals surface area (Å²) < 4.78 is 11.1. The van der Waals surface area contributed by atoms with E-state index < -0.39 is 23.7 Å². The molecule has 172 valence electrons. The fourth-order valence-electron chi connectivity index (χ4n) is 3.80. The summed E-state index contributed by atoms with van der Waals surface area (Å²) >= 11 is 3.35. The maximum absolute atomic E-state index is 13.2. The van der Waals surface area contributed by atoms with Gasteiger partial charge in [-0.3, -0.25) is 19.3 Å². The molecule has 1 aliphatic rings. The fourth-order valence-corrected chi connectivity index (χ4v) is 4.07. The number of hydrogen-bond donors (Lipinski definition) is 1. The zero-order chi connectivity index (χ0) is 24.4. The van der Waals surface area contributed by atoms with Crippen LogP contribution in [0.4, 0.5) is 5.69 Å². The summed E-state index contributed by atoms with van der Waals surface area (Å²) in [6.07, 6.45) is 0. The Labute approximate surface area is 204 Å². The molecule has 7 nitrogen and oxygen atoms in total. The maximum atomic E-state index is 13.2. The zero-order valence-corrected chi connectivity index (χ0v) is 19.9. The molecule has 0 bridgehead atoms. The first-order chi connectivity index (χ1) is 16.3. The van der Waals surface area contributed by atoms with Gasteiger partial charge in [-0.15, -0.1) is 0 Å². The Bertz CT molecular complexity index is 1280. The molecule has 3 aromatic carbocycles. The first-order valence-corrected chi connectivity index (χ1v) is 11.1. The number of aliphatic hydroxyl groups excluding tert-OH is 1. The van der Waals surface area contributed by atoms with E-state index in [1.54, 1.807) is 72.8 Å². The van der Waals surface area contributed by atoms with Gasteiger partial charge in [0, 0.05) is 22.6 Å². The van der Waals surface area contributed by atoms with Gasteiger partial charge < -0.3 is 14.6 Å². The molecule has 1 amide bonds. The molecule has 1 N–H and O–H groups in total. The molecule has 4 rings (SSSR count). The summed E-state index contributed by atoms with van der Waals surface area (Å²) in [4.78, 5) is 39.0. The van der Waals surface area contributed by atoms with Gasteiger partial charge in [-0.2, -0.15) is 0 Å². The molecule has 1 fully saturated rings. The highest BCUT2D eigenvalue weighted by atomic mass is 79.9. The lowest BCUT2D eigenvalue weighted by atomic mass is 9.95. The van der Waals surface area contributed by atoms with Crippen LogP contribution in [-0.4, -0.2) is 29.9 Å². The number of halogens is 1. The Morgan fingerprint density at radius 2 is 1.50 bits per heavy atom. The number of aliphatic hydroxyl groups is 1. The minimum Gasteiger partial charge on any atom is -0.507 e. The molecule has 1 saturated heterocycles. The van der Waals surface area contributed by atoms with E-state index in [4.69, 9.17) is 9.47 Å². The third-order valence-corrected chi connectivity index (χ3v) is 5.90. The number of hydrogen-bond acceptors (Lipinski definition) is 6. The molecule has 8 heteroatoms. The number of nitrogens with zero attached hydrogens (tertiary/aromatic N) is 1. The van der Waals surface area contributed by atoms with Crippen LogP contribution < -0.4 is 14.4 Å². The summed E-state index contributed by atoms with van der Waals surface area (Å²) in [5.74, 6) is -1.39. The van der Waals surface area contributed by atoms with Crippen molar-refractivity contribution < 1.29 is 29.0 Å². The Kier molecular flexibility index (Phi) is 6.51. The van der Waals surface area contributed by atoms with Crippen LogP contribution in [-0.2, 0) is 14.4 Å². The average Bonchev–Trinajstić information content (AvgIpc) is 3.09. The topological polar surface area (TPSA) is 93.1 Å². The van der Waals surface area contributed by atoms with Crippen molar-refractivity contribution >= 4 is 45.0 Å². The number of methoxy groups -OCH3 is 1. The third kappa shape index (κ3) is 4.45. The second kappa shape index (κ2) is 9.52. The standard InChI is InChI=1S/C26H20BrNO6/c1-15(29)34-21-11-5-16(6-12-21)23-22(24(30)17-3-7-18(27)8-4-17)25(31)26(32)28(23)19-9-13-20(33-2)14-10-19/h3-14,23,30H,1-2H3/b24-22+. The number of esters is 1. The molecule has 1 atom stereocenters. The van der Waals surface area contributed by atoms with Gasteiger partial charge in [-0.25, -0.2) is 0 Å². The van der Waals surface area contributed by atoms with Crippen molar-refractivity contribution in [3.63, 3.8) is 0 Å². The van der Waals surface area contributed by atoms with Crippen LogP contribution in [0.2, 0.25) is 0 Å². The number of ether oxygens (including phenoxy) is 2. The van der Waals surface area contributed by atoms with Gasteiger partial charge in [0.25, 0.3) is 11.7 Å². The molecule has 3 aromatic rings. The van der Waals surface area contributed by atoms with Gasteiger partial charge in [0.1, 0.15) is 17.3 Å². The predicted molar refractivity (Wildman–Crippen MR) is 130 cm³/mol. The van der Waals surface area contributed by atoms with Crippen LogP contribution in [0.5, 0.6) is 11.5 Å². The van der Waals surface area contributed by atoms with E-state index in [1.165, 1.54) is 18.9 Å². The van der Waals surface area contributed by atoms with Crippen LogP contribution in [0.25, 0.3) is 5.76 Å².